The molecule has 1 fully saturated rings. The van der Waals surface area contributed by atoms with Crippen molar-refractivity contribution in [3.63, 3.8) is 0 Å². The minimum Gasteiger partial charge on any atom is -0.465 e. The van der Waals surface area contributed by atoms with Crippen molar-refractivity contribution in [2.45, 2.75) is 12.5 Å². The highest BCUT2D eigenvalue weighted by atomic mass is 32.2. The van der Waals surface area contributed by atoms with Crippen molar-refractivity contribution >= 4 is 23.4 Å². The van der Waals surface area contributed by atoms with Crippen LogP contribution in [-0.4, -0.2) is 30.6 Å². The summed E-state index contributed by atoms with van der Waals surface area (Å²) in [5, 5.41) is 2.99. The van der Waals surface area contributed by atoms with Crippen LogP contribution in [0.3, 0.4) is 0 Å². The summed E-state index contributed by atoms with van der Waals surface area (Å²) in [7, 11) is 1.16. The fourth-order valence-corrected chi connectivity index (χ4v) is 2.95. The molecule has 0 amide bonds. The zero-order chi connectivity index (χ0) is 13.1. The number of nitrogens with one attached hydrogen (secondary N) is 1. The Balaban J connectivity index is 2.25. The van der Waals surface area contributed by atoms with E-state index in [0.29, 0.717) is 6.07 Å². The van der Waals surface area contributed by atoms with Gasteiger partial charge in [0.25, 0.3) is 0 Å². The number of hydrogen-bond acceptors (Lipinski definition) is 4. The topological polar surface area (TPSA) is 38.3 Å². The van der Waals surface area contributed by atoms with Crippen LogP contribution >= 0.6 is 11.8 Å². The number of benzene rings is 1. The van der Waals surface area contributed by atoms with E-state index in [1.54, 1.807) is 11.8 Å². The van der Waals surface area contributed by atoms with Crippen molar-refractivity contribution in [2.75, 3.05) is 23.9 Å². The summed E-state index contributed by atoms with van der Waals surface area (Å²) >= 11 is 1.77. The summed E-state index contributed by atoms with van der Waals surface area (Å²) < 4.78 is 31.4. The number of anilines is 1. The lowest BCUT2D eigenvalue weighted by atomic mass is 10.1. The smallest absolute Gasteiger partial charge is 0.340 e. The molecule has 1 atom stereocenters. The molecule has 3 nitrogen and oxygen atoms in total. The molecule has 0 aromatic heterocycles. The van der Waals surface area contributed by atoms with Gasteiger partial charge in [0, 0.05) is 17.9 Å². The number of halogens is 2. The van der Waals surface area contributed by atoms with Crippen molar-refractivity contribution < 1.29 is 18.3 Å². The van der Waals surface area contributed by atoms with Crippen LogP contribution in [0.25, 0.3) is 0 Å². The standard InChI is InChI=1S/C12H13F2NO2S/c1-17-12(16)8-4-11(10(14)5-9(8)13)15-7-2-3-18-6-7/h4-5,7,15H,2-3,6H2,1H3. The average molecular weight is 273 g/mol. The molecule has 2 rings (SSSR count). The molecule has 1 aliphatic heterocycles. The lowest BCUT2D eigenvalue weighted by Crippen LogP contribution is -2.19. The molecular formula is C12H13F2NO2S. The number of carbonyl (C=O) groups is 1. The van der Waals surface area contributed by atoms with E-state index in [9.17, 15) is 13.6 Å². The molecule has 0 saturated carbocycles. The van der Waals surface area contributed by atoms with Gasteiger partial charge in [-0.2, -0.15) is 11.8 Å². The van der Waals surface area contributed by atoms with Crippen LogP contribution in [0.15, 0.2) is 12.1 Å². The Labute approximate surface area is 108 Å². The van der Waals surface area contributed by atoms with Gasteiger partial charge in [0.2, 0.25) is 0 Å². The predicted octanol–water partition coefficient (Wildman–Crippen LogP) is 2.67. The first-order valence-electron chi connectivity index (χ1n) is 5.53. The second-order valence-electron chi connectivity index (χ2n) is 4.01. The molecule has 0 spiro atoms. The third kappa shape index (κ3) is 2.75. The van der Waals surface area contributed by atoms with Gasteiger partial charge in [0.05, 0.1) is 18.4 Å². The Hall–Kier alpha value is -1.30. The number of rotatable bonds is 3. The van der Waals surface area contributed by atoms with Crippen LogP contribution in [0.2, 0.25) is 0 Å². The first kappa shape index (κ1) is 13.1. The van der Waals surface area contributed by atoms with E-state index in [-0.39, 0.29) is 17.3 Å². The molecule has 1 saturated heterocycles. The van der Waals surface area contributed by atoms with E-state index >= 15 is 0 Å². The number of methoxy groups -OCH3 is 1. The number of esters is 1. The molecule has 6 heteroatoms. The van der Waals surface area contributed by atoms with Gasteiger partial charge in [-0.15, -0.1) is 0 Å². The maximum atomic E-state index is 13.6. The molecule has 0 aliphatic carbocycles. The SMILES string of the molecule is COC(=O)c1cc(NC2CCSC2)c(F)cc1F. The molecule has 1 aromatic carbocycles. The number of thioether (sulfide) groups is 1. The van der Waals surface area contributed by atoms with Crippen molar-refractivity contribution in [3.05, 3.63) is 29.3 Å². The van der Waals surface area contributed by atoms with E-state index in [4.69, 9.17) is 0 Å². The van der Waals surface area contributed by atoms with Gasteiger partial charge in [0.1, 0.15) is 11.6 Å². The third-order valence-corrected chi connectivity index (χ3v) is 3.91. The molecule has 0 radical (unpaired) electrons. The second kappa shape index (κ2) is 5.56. The fourth-order valence-electron chi connectivity index (χ4n) is 1.79. The Bertz CT molecular complexity index is 462. The van der Waals surface area contributed by atoms with E-state index in [2.05, 4.69) is 10.1 Å². The maximum absolute atomic E-state index is 13.6. The zero-order valence-corrected chi connectivity index (χ0v) is 10.7. The number of ether oxygens (including phenoxy) is 1. The maximum Gasteiger partial charge on any atom is 0.340 e. The lowest BCUT2D eigenvalue weighted by molar-refractivity contribution is 0.0595. The van der Waals surface area contributed by atoms with Gasteiger partial charge >= 0.3 is 5.97 Å². The summed E-state index contributed by atoms with van der Waals surface area (Å²) in [6.07, 6.45) is 0.926. The van der Waals surface area contributed by atoms with E-state index in [1.807, 2.05) is 0 Å². The molecular weight excluding hydrogens is 260 g/mol. The molecule has 0 bridgehead atoms. The Morgan fingerprint density at radius 1 is 1.44 bits per heavy atom. The van der Waals surface area contributed by atoms with Gasteiger partial charge in [0.15, 0.2) is 0 Å². The van der Waals surface area contributed by atoms with Crippen molar-refractivity contribution in [3.8, 4) is 0 Å². The van der Waals surface area contributed by atoms with Gasteiger partial charge in [-0.05, 0) is 18.2 Å². The number of hydrogen-bond donors (Lipinski definition) is 1. The molecule has 1 heterocycles. The number of carbonyl (C=O) groups excluding carboxylic acids is 1. The van der Waals surface area contributed by atoms with Crippen molar-refractivity contribution in [1.29, 1.82) is 0 Å². The largest absolute Gasteiger partial charge is 0.465 e. The lowest BCUT2D eigenvalue weighted by Gasteiger charge is -2.14. The van der Waals surface area contributed by atoms with Gasteiger partial charge in [-0.1, -0.05) is 0 Å². The quantitative estimate of drug-likeness (QED) is 0.859. The minimum absolute atomic E-state index is 0.143. The van der Waals surface area contributed by atoms with E-state index in [1.165, 1.54) is 6.07 Å². The predicted molar refractivity (Wildman–Crippen MR) is 67.1 cm³/mol. The molecule has 98 valence electrons. The van der Waals surface area contributed by atoms with Gasteiger partial charge < -0.3 is 10.1 Å². The van der Waals surface area contributed by atoms with E-state index < -0.39 is 17.6 Å². The van der Waals surface area contributed by atoms with Crippen LogP contribution in [-0.2, 0) is 4.74 Å². The summed E-state index contributed by atoms with van der Waals surface area (Å²) in [4.78, 5) is 11.3. The monoisotopic (exact) mass is 273 g/mol. The molecule has 1 aliphatic rings. The molecule has 1 aromatic rings. The highest BCUT2D eigenvalue weighted by molar-refractivity contribution is 7.99. The average Bonchev–Trinajstić information content (AvgIpc) is 2.84. The molecule has 1 unspecified atom stereocenters. The Morgan fingerprint density at radius 3 is 2.83 bits per heavy atom. The third-order valence-electron chi connectivity index (χ3n) is 2.75. The van der Waals surface area contributed by atoms with Crippen LogP contribution < -0.4 is 5.32 Å². The molecule has 1 N–H and O–H groups in total. The second-order valence-corrected chi connectivity index (χ2v) is 5.16. The van der Waals surface area contributed by atoms with Gasteiger partial charge in [-0.25, -0.2) is 13.6 Å². The van der Waals surface area contributed by atoms with Crippen LogP contribution in [0, 0.1) is 11.6 Å². The summed E-state index contributed by atoms with van der Waals surface area (Å²) in [6, 6.07) is 2.02. The van der Waals surface area contributed by atoms with E-state index in [0.717, 1.165) is 25.0 Å². The Kier molecular flexibility index (Phi) is 4.06. The minimum atomic E-state index is -0.911. The summed E-state index contributed by atoms with van der Waals surface area (Å²) in [5.74, 6) is -0.520. The fraction of sp³-hybridized carbons (Fsp3) is 0.417. The Morgan fingerprint density at radius 2 is 2.22 bits per heavy atom. The first-order chi connectivity index (χ1) is 8.61. The normalized spacial score (nSPS) is 18.7. The van der Waals surface area contributed by atoms with Gasteiger partial charge in [-0.3, -0.25) is 0 Å². The van der Waals surface area contributed by atoms with Crippen molar-refractivity contribution in [2.24, 2.45) is 0 Å². The van der Waals surface area contributed by atoms with Crippen LogP contribution in [0.5, 0.6) is 0 Å². The summed E-state index contributed by atoms with van der Waals surface area (Å²) in [6.45, 7) is 0. The highest BCUT2D eigenvalue weighted by Gasteiger charge is 2.20. The van der Waals surface area contributed by atoms with Crippen LogP contribution in [0.4, 0.5) is 14.5 Å². The van der Waals surface area contributed by atoms with Crippen LogP contribution in [0.1, 0.15) is 16.8 Å². The summed E-state index contributed by atoms with van der Waals surface area (Å²) in [5.41, 5.74) is -0.114. The highest BCUT2D eigenvalue weighted by Crippen LogP contribution is 2.25. The zero-order valence-electron chi connectivity index (χ0n) is 9.83. The molecule has 18 heavy (non-hydrogen) atoms. The first-order valence-corrected chi connectivity index (χ1v) is 6.69. The van der Waals surface area contributed by atoms with Crippen molar-refractivity contribution in [1.82, 2.24) is 0 Å².